The number of alkyl halides is 3. The van der Waals surface area contributed by atoms with E-state index in [-0.39, 0.29) is 6.04 Å². The van der Waals surface area contributed by atoms with Crippen molar-refractivity contribution >= 4 is 11.0 Å². The minimum Gasteiger partial charge on any atom is -0.341 e. The molecule has 3 N–H and O–H groups in total. The van der Waals surface area contributed by atoms with Crippen LogP contribution in [-0.2, 0) is 6.18 Å². The Bertz CT molecular complexity index is 584. The first kappa shape index (κ1) is 11.5. The van der Waals surface area contributed by atoms with Crippen molar-refractivity contribution in [2.24, 2.45) is 11.7 Å². The van der Waals surface area contributed by atoms with Gasteiger partial charge in [-0.15, -0.1) is 0 Å². The molecule has 0 spiro atoms. The summed E-state index contributed by atoms with van der Waals surface area (Å²) in [6, 6.07) is 3.28. The van der Waals surface area contributed by atoms with Gasteiger partial charge in [-0.3, -0.25) is 0 Å². The first-order valence-corrected chi connectivity index (χ1v) is 5.77. The van der Waals surface area contributed by atoms with Crippen LogP contribution in [0.2, 0.25) is 0 Å². The van der Waals surface area contributed by atoms with Gasteiger partial charge in [0, 0.05) is 0 Å². The third kappa shape index (κ3) is 1.96. The molecule has 0 aliphatic heterocycles. The van der Waals surface area contributed by atoms with Crippen LogP contribution in [0.25, 0.3) is 11.0 Å². The van der Waals surface area contributed by atoms with Crippen molar-refractivity contribution in [2.45, 2.75) is 25.1 Å². The molecule has 18 heavy (non-hydrogen) atoms. The fourth-order valence-corrected chi connectivity index (χ4v) is 2.04. The fourth-order valence-electron chi connectivity index (χ4n) is 2.04. The monoisotopic (exact) mass is 255 g/mol. The fraction of sp³-hybridized carbons (Fsp3) is 0.417. The van der Waals surface area contributed by atoms with Gasteiger partial charge in [-0.2, -0.15) is 13.2 Å². The first-order valence-electron chi connectivity index (χ1n) is 5.77. The minimum absolute atomic E-state index is 0.202. The minimum atomic E-state index is -4.34. The molecule has 0 radical (unpaired) electrons. The van der Waals surface area contributed by atoms with Crippen LogP contribution in [0.3, 0.4) is 0 Å². The van der Waals surface area contributed by atoms with E-state index in [1.54, 1.807) is 0 Å². The molecule has 1 heterocycles. The molecule has 1 atom stereocenters. The molecule has 1 unspecified atom stereocenters. The lowest BCUT2D eigenvalue weighted by Gasteiger charge is -2.05. The molecular weight excluding hydrogens is 243 g/mol. The average molecular weight is 255 g/mol. The molecule has 6 heteroatoms. The van der Waals surface area contributed by atoms with Crippen molar-refractivity contribution in [2.75, 3.05) is 0 Å². The molecule has 1 aromatic heterocycles. The van der Waals surface area contributed by atoms with Crippen LogP contribution in [0.4, 0.5) is 13.2 Å². The molecule has 2 aromatic rings. The number of H-pyrrole nitrogens is 1. The number of benzene rings is 1. The van der Waals surface area contributed by atoms with Gasteiger partial charge in [-0.1, -0.05) is 0 Å². The molecule has 3 rings (SSSR count). The summed E-state index contributed by atoms with van der Waals surface area (Å²) in [6.07, 6.45) is -2.21. The lowest BCUT2D eigenvalue weighted by Crippen LogP contribution is -2.13. The second-order valence-electron chi connectivity index (χ2n) is 4.71. The third-order valence-corrected chi connectivity index (χ3v) is 3.27. The summed E-state index contributed by atoms with van der Waals surface area (Å²) in [4.78, 5) is 7.14. The number of aromatic nitrogens is 2. The summed E-state index contributed by atoms with van der Waals surface area (Å²) < 4.78 is 37.7. The number of aromatic amines is 1. The molecule has 0 amide bonds. The largest absolute Gasteiger partial charge is 0.416 e. The van der Waals surface area contributed by atoms with E-state index in [2.05, 4.69) is 9.97 Å². The zero-order valence-corrected chi connectivity index (χ0v) is 9.46. The highest BCUT2D eigenvalue weighted by molar-refractivity contribution is 5.76. The smallest absolute Gasteiger partial charge is 0.341 e. The molecule has 1 aliphatic carbocycles. The number of hydrogen-bond donors (Lipinski definition) is 2. The van der Waals surface area contributed by atoms with Crippen LogP contribution in [0.1, 0.15) is 30.3 Å². The van der Waals surface area contributed by atoms with E-state index in [1.165, 1.54) is 6.07 Å². The Morgan fingerprint density at radius 3 is 2.67 bits per heavy atom. The zero-order chi connectivity index (χ0) is 12.9. The number of hydrogen-bond acceptors (Lipinski definition) is 2. The number of rotatable bonds is 2. The Balaban J connectivity index is 2.01. The van der Waals surface area contributed by atoms with Crippen molar-refractivity contribution in [1.82, 2.24) is 9.97 Å². The van der Waals surface area contributed by atoms with Crippen molar-refractivity contribution in [3.05, 3.63) is 29.6 Å². The van der Waals surface area contributed by atoms with E-state index >= 15 is 0 Å². The number of halogens is 3. The van der Waals surface area contributed by atoms with E-state index in [4.69, 9.17) is 5.73 Å². The predicted molar refractivity (Wildman–Crippen MR) is 60.7 cm³/mol. The normalized spacial score (nSPS) is 18.2. The van der Waals surface area contributed by atoms with Gasteiger partial charge in [-0.25, -0.2) is 4.98 Å². The van der Waals surface area contributed by atoms with E-state index in [9.17, 15) is 13.2 Å². The quantitative estimate of drug-likeness (QED) is 0.866. The molecule has 0 saturated heterocycles. The Labute approximate surface area is 101 Å². The second kappa shape index (κ2) is 3.71. The van der Waals surface area contributed by atoms with Crippen LogP contribution in [0.15, 0.2) is 18.2 Å². The average Bonchev–Trinajstić information content (AvgIpc) is 3.05. The van der Waals surface area contributed by atoms with Gasteiger partial charge in [0.1, 0.15) is 5.82 Å². The standard InChI is InChI=1S/C12H12F3N3/c13-12(14,15)7-3-4-8-9(5-7)18-11(17-8)10(16)6-1-2-6/h3-6,10H,1-2,16H2,(H,17,18). The van der Waals surface area contributed by atoms with Crippen molar-refractivity contribution < 1.29 is 13.2 Å². The summed E-state index contributed by atoms with van der Waals surface area (Å²) in [5.41, 5.74) is 6.20. The van der Waals surface area contributed by atoms with Gasteiger partial charge in [0.15, 0.2) is 0 Å². The Kier molecular flexibility index (Phi) is 2.38. The highest BCUT2D eigenvalue weighted by Gasteiger charge is 2.33. The summed E-state index contributed by atoms with van der Waals surface area (Å²) in [5, 5.41) is 0. The van der Waals surface area contributed by atoms with Gasteiger partial charge in [-0.05, 0) is 37.0 Å². The Morgan fingerprint density at radius 1 is 1.33 bits per heavy atom. The first-order chi connectivity index (χ1) is 8.45. The molecule has 1 aliphatic rings. The number of imidazole rings is 1. The molecule has 1 saturated carbocycles. The van der Waals surface area contributed by atoms with Crippen molar-refractivity contribution in [3.63, 3.8) is 0 Å². The summed E-state index contributed by atoms with van der Waals surface area (Å²) in [5.74, 6) is 0.986. The van der Waals surface area contributed by atoms with Gasteiger partial charge >= 0.3 is 6.18 Å². The van der Waals surface area contributed by atoms with Crippen LogP contribution in [0.5, 0.6) is 0 Å². The Hall–Kier alpha value is -1.56. The maximum absolute atomic E-state index is 12.6. The van der Waals surface area contributed by atoms with E-state index in [1.807, 2.05) is 0 Å². The maximum Gasteiger partial charge on any atom is 0.416 e. The molecule has 3 nitrogen and oxygen atoms in total. The number of fused-ring (bicyclic) bond motifs is 1. The number of nitrogens with zero attached hydrogens (tertiary/aromatic N) is 1. The van der Waals surface area contributed by atoms with E-state index in [0.717, 1.165) is 25.0 Å². The highest BCUT2D eigenvalue weighted by Crippen LogP contribution is 2.39. The maximum atomic E-state index is 12.6. The van der Waals surface area contributed by atoms with Crippen LogP contribution >= 0.6 is 0 Å². The summed E-state index contributed by atoms with van der Waals surface area (Å²) in [6.45, 7) is 0. The zero-order valence-electron chi connectivity index (χ0n) is 9.46. The molecule has 96 valence electrons. The van der Waals surface area contributed by atoms with E-state index < -0.39 is 11.7 Å². The topological polar surface area (TPSA) is 54.7 Å². The number of nitrogens with two attached hydrogens (primary N) is 1. The molecule has 1 fully saturated rings. The van der Waals surface area contributed by atoms with Crippen LogP contribution in [0, 0.1) is 5.92 Å². The van der Waals surface area contributed by atoms with Crippen molar-refractivity contribution in [1.29, 1.82) is 0 Å². The third-order valence-electron chi connectivity index (χ3n) is 3.27. The van der Waals surface area contributed by atoms with Crippen molar-refractivity contribution in [3.8, 4) is 0 Å². The Morgan fingerprint density at radius 2 is 2.06 bits per heavy atom. The molecule has 1 aromatic carbocycles. The summed E-state index contributed by atoms with van der Waals surface area (Å²) in [7, 11) is 0. The highest BCUT2D eigenvalue weighted by atomic mass is 19.4. The van der Waals surface area contributed by atoms with E-state index in [0.29, 0.717) is 22.8 Å². The number of nitrogens with one attached hydrogen (secondary N) is 1. The second-order valence-corrected chi connectivity index (χ2v) is 4.71. The molecular formula is C12H12F3N3. The summed E-state index contributed by atoms with van der Waals surface area (Å²) >= 11 is 0. The van der Waals surface area contributed by atoms with Gasteiger partial charge in [0.05, 0.1) is 22.6 Å². The lowest BCUT2D eigenvalue weighted by atomic mass is 10.2. The van der Waals surface area contributed by atoms with Crippen LogP contribution < -0.4 is 5.73 Å². The predicted octanol–water partition coefficient (Wildman–Crippen LogP) is 2.99. The van der Waals surface area contributed by atoms with Gasteiger partial charge in [0.25, 0.3) is 0 Å². The molecule has 0 bridgehead atoms. The lowest BCUT2D eigenvalue weighted by molar-refractivity contribution is -0.137. The van der Waals surface area contributed by atoms with Crippen LogP contribution in [-0.4, -0.2) is 9.97 Å². The van der Waals surface area contributed by atoms with Gasteiger partial charge < -0.3 is 10.7 Å². The SMILES string of the molecule is NC(c1nc2ccc(C(F)(F)F)cc2[nH]1)C1CC1. The van der Waals surface area contributed by atoms with Gasteiger partial charge in [0.2, 0.25) is 0 Å².